The Morgan fingerprint density at radius 1 is 1.06 bits per heavy atom. The highest BCUT2D eigenvalue weighted by Crippen LogP contribution is 2.26. The summed E-state index contributed by atoms with van der Waals surface area (Å²) in [5, 5.41) is 9.97. The van der Waals surface area contributed by atoms with Crippen LogP contribution in [-0.2, 0) is 11.3 Å². The van der Waals surface area contributed by atoms with Crippen molar-refractivity contribution in [1.29, 1.82) is 0 Å². The van der Waals surface area contributed by atoms with E-state index in [1.807, 2.05) is 54.6 Å². The Hall–Kier alpha value is -4.33. The average molecular weight is 444 g/mol. The van der Waals surface area contributed by atoms with Gasteiger partial charge in [0.1, 0.15) is 17.6 Å². The van der Waals surface area contributed by atoms with Crippen molar-refractivity contribution in [3.63, 3.8) is 0 Å². The highest BCUT2D eigenvalue weighted by molar-refractivity contribution is 5.97. The third-order valence-electron chi connectivity index (χ3n) is 5.09. The van der Waals surface area contributed by atoms with Crippen LogP contribution in [0.15, 0.2) is 83.5 Å². The molecule has 2 heterocycles. The highest BCUT2D eigenvalue weighted by atomic mass is 16.5. The van der Waals surface area contributed by atoms with E-state index < -0.39 is 11.9 Å². The lowest BCUT2D eigenvalue weighted by Gasteiger charge is -2.12. The molecule has 0 saturated heterocycles. The second kappa shape index (κ2) is 9.86. The average Bonchev–Trinajstić information content (AvgIpc) is 3.53. The maximum absolute atomic E-state index is 12.9. The summed E-state index contributed by atoms with van der Waals surface area (Å²) in [7, 11) is 1.61. The molecule has 2 amide bonds. The van der Waals surface area contributed by atoms with E-state index in [0.29, 0.717) is 5.76 Å². The second-order valence-corrected chi connectivity index (χ2v) is 7.38. The van der Waals surface area contributed by atoms with Crippen LogP contribution < -0.4 is 15.4 Å². The maximum Gasteiger partial charge on any atom is 0.272 e. The zero-order valence-electron chi connectivity index (χ0n) is 18.3. The summed E-state index contributed by atoms with van der Waals surface area (Å²) in [4.78, 5) is 25.3. The van der Waals surface area contributed by atoms with E-state index in [-0.39, 0.29) is 18.1 Å². The molecule has 2 N–H and O–H groups in total. The van der Waals surface area contributed by atoms with Crippen molar-refractivity contribution in [2.75, 3.05) is 7.11 Å². The van der Waals surface area contributed by atoms with Gasteiger partial charge in [-0.2, -0.15) is 5.10 Å². The number of carbonyl (C=O) groups excluding carboxylic acids is 2. The Labute approximate surface area is 191 Å². The van der Waals surface area contributed by atoms with Crippen molar-refractivity contribution in [1.82, 2.24) is 20.4 Å². The predicted octanol–water partition coefficient (Wildman–Crippen LogP) is 3.58. The van der Waals surface area contributed by atoms with Gasteiger partial charge in [-0.3, -0.25) is 9.59 Å². The number of nitrogens with one attached hydrogen (secondary N) is 2. The van der Waals surface area contributed by atoms with E-state index in [4.69, 9.17) is 9.15 Å². The minimum atomic E-state index is -0.751. The Kier molecular flexibility index (Phi) is 6.54. The number of amides is 2. The van der Waals surface area contributed by atoms with E-state index in [2.05, 4.69) is 15.7 Å². The molecule has 1 unspecified atom stereocenters. The second-order valence-electron chi connectivity index (χ2n) is 7.38. The lowest BCUT2D eigenvalue weighted by Crippen LogP contribution is -2.44. The molecule has 2 aromatic carbocycles. The van der Waals surface area contributed by atoms with Crippen LogP contribution in [-0.4, -0.2) is 34.7 Å². The minimum absolute atomic E-state index is 0.204. The molecule has 168 valence electrons. The fraction of sp³-hybridized carbons (Fsp3) is 0.160. The molecule has 0 saturated carbocycles. The first-order valence-electron chi connectivity index (χ1n) is 10.5. The number of carbonyl (C=O) groups is 2. The number of nitrogens with zero attached hydrogens (tertiary/aromatic N) is 2. The zero-order valence-corrected chi connectivity index (χ0v) is 18.3. The van der Waals surface area contributed by atoms with E-state index in [1.165, 1.54) is 6.26 Å². The molecule has 33 heavy (non-hydrogen) atoms. The Morgan fingerprint density at radius 3 is 2.48 bits per heavy atom. The van der Waals surface area contributed by atoms with Gasteiger partial charge in [0.15, 0.2) is 5.69 Å². The molecule has 4 aromatic rings. The third-order valence-corrected chi connectivity index (χ3v) is 5.09. The Balaban J connectivity index is 1.54. The van der Waals surface area contributed by atoms with Crippen LogP contribution in [0.2, 0.25) is 0 Å². The smallest absolute Gasteiger partial charge is 0.272 e. The summed E-state index contributed by atoms with van der Waals surface area (Å²) in [6.07, 6.45) is 1.54. The monoisotopic (exact) mass is 444 g/mol. The fourth-order valence-corrected chi connectivity index (χ4v) is 3.30. The van der Waals surface area contributed by atoms with Crippen molar-refractivity contribution in [2.24, 2.45) is 0 Å². The van der Waals surface area contributed by atoms with E-state index in [0.717, 1.165) is 22.7 Å². The first-order chi connectivity index (χ1) is 16.0. The summed E-state index contributed by atoms with van der Waals surface area (Å²) in [5.41, 5.74) is 2.63. The summed E-state index contributed by atoms with van der Waals surface area (Å²) >= 11 is 0. The number of aromatic nitrogens is 2. The fourth-order valence-electron chi connectivity index (χ4n) is 3.30. The van der Waals surface area contributed by atoms with Gasteiger partial charge in [0, 0.05) is 5.56 Å². The molecule has 2 aromatic heterocycles. The standard InChI is InChI=1S/C25H24N4O4/c1-17(24(30)26-16-21-9-6-14-33-21)27-25(31)22-15-23(18-10-12-20(32-2)13-11-18)29(28-22)19-7-4-3-5-8-19/h3-15,17H,16H2,1-2H3,(H,26,30)(H,27,31). The van der Waals surface area contributed by atoms with Crippen molar-refractivity contribution in [2.45, 2.75) is 19.5 Å². The van der Waals surface area contributed by atoms with Crippen molar-refractivity contribution in [3.8, 4) is 22.7 Å². The summed E-state index contributed by atoms with van der Waals surface area (Å²) in [6, 6.07) is 21.5. The van der Waals surface area contributed by atoms with Crippen LogP contribution in [0, 0.1) is 0 Å². The van der Waals surface area contributed by atoms with E-state index >= 15 is 0 Å². The van der Waals surface area contributed by atoms with Crippen LogP contribution in [0.3, 0.4) is 0 Å². The lowest BCUT2D eigenvalue weighted by atomic mass is 10.1. The molecule has 8 heteroatoms. The number of para-hydroxylation sites is 1. The molecule has 0 aliphatic heterocycles. The number of furan rings is 1. The van der Waals surface area contributed by atoms with Gasteiger partial charge in [0.2, 0.25) is 5.91 Å². The van der Waals surface area contributed by atoms with Crippen LogP contribution in [0.4, 0.5) is 0 Å². The molecule has 4 rings (SSSR count). The van der Waals surface area contributed by atoms with Crippen LogP contribution in [0.1, 0.15) is 23.2 Å². The number of methoxy groups -OCH3 is 1. The predicted molar refractivity (Wildman–Crippen MR) is 123 cm³/mol. The molecule has 8 nitrogen and oxygen atoms in total. The minimum Gasteiger partial charge on any atom is -0.497 e. The van der Waals surface area contributed by atoms with Gasteiger partial charge in [-0.15, -0.1) is 0 Å². The third kappa shape index (κ3) is 5.12. The highest BCUT2D eigenvalue weighted by Gasteiger charge is 2.21. The number of rotatable bonds is 8. The van der Waals surface area contributed by atoms with Crippen LogP contribution >= 0.6 is 0 Å². The Morgan fingerprint density at radius 2 is 1.82 bits per heavy atom. The number of ether oxygens (including phenoxy) is 1. The number of hydrogen-bond donors (Lipinski definition) is 2. The van der Waals surface area contributed by atoms with Crippen molar-refractivity contribution >= 4 is 11.8 Å². The first kappa shape index (κ1) is 21.9. The Bertz CT molecular complexity index is 1220. The molecule has 0 radical (unpaired) electrons. The molecule has 0 fully saturated rings. The molecule has 1 atom stereocenters. The van der Waals surface area contributed by atoms with Gasteiger partial charge in [-0.05, 0) is 61.5 Å². The molecule has 0 bridgehead atoms. The SMILES string of the molecule is COc1ccc(-c2cc(C(=O)NC(C)C(=O)NCc3ccco3)nn2-c2ccccc2)cc1. The topological polar surface area (TPSA) is 98.4 Å². The first-order valence-corrected chi connectivity index (χ1v) is 10.5. The van der Waals surface area contributed by atoms with Gasteiger partial charge in [0.05, 0.1) is 31.3 Å². The van der Waals surface area contributed by atoms with Gasteiger partial charge in [-0.25, -0.2) is 4.68 Å². The number of hydrogen-bond acceptors (Lipinski definition) is 5. The summed E-state index contributed by atoms with van der Waals surface area (Å²) < 4.78 is 12.2. The van der Waals surface area contributed by atoms with Crippen LogP contribution in [0.5, 0.6) is 5.75 Å². The van der Waals surface area contributed by atoms with E-state index in [1.54, 1.807) is 36.9 Å². The molecular weight excluding hydrogens is 420 g/mol. The lowest BCUT2D eigenvalue weighted by molar-refractivity contribution is -0.122. The zero-order chi connectivity index (χ0) is 23.2. The quantitative estimate of drug-likeness (QED) is 0.433. The van der Waals surface area contributed by atoms with Gasteiger partial charge in [-0.1, -0.05) is 18.2 Å². The maximum atomic E-state index is 12.9. The van der Waals surface area contributed by atoms with E-state index in [9.17, 15) is 9.59 Å². The van der Waals surface area contributed by atoms with Crippen molar-refractivity contribution < 1.29 is 18.7 Å². The summed E-state index contributed by atoms with van der Waals surface area (Å²) in [5.74, 6) is 0.599. The molecule has 0 aliphatic rings. The molecule has 0 aliphatic carbocycles. The van der Waals surface area contributed by atoms with Crippen LogP contribution in [0.25, 0.3) is 16.9 Å². The normalized spacial score (nSPS) is 11.6. The summed E-state index contributed by atoms with van der Waals surface area (Å²) in [6.45, 7) is 1.87. The molecular formula is C25H24N4O4. The molecule has 0 spiro atoms. The van der Waals surface area contributed by atoms with Gasteiger partial charge >= 0.3 is 0 Å². The largest absolute Gasteiger partial charge is 0.497 e. The van der Waals surface area contributed by atoms with Gasteiger partial charge < -0.3 is 19.8 Å². The van der Waals surface area contributed by atoms with Crippen molar-refractivity contribution in [3.05, 3.63) is 90.5 Å². The number of benzene rings is 2. The van der Waals surface area contributed by atoms with Gasteiger partial charge in [0.25, 0.3) is 5.91 Å².